The number of nitrogens with two attached hydrogens (primary N) is 1. The predicted octanol–water partition coefficient (Wildman–Crippen LogP) is -1.50. The minimum absolute atomic E-state index is 0.0610. The minimum Gasteiger partial charge on any atom is -0.481 e. The Labute approximate surface area is 148 Å². The highest BCUT2D eigenvalue weighted by atomic mass is 32.2. The van der Waals surface area contributed by atoms with Crippen molar-refractivity contribution in [3.8, 4) is 0 Å². The zero-order valence-corrected chi connectivity index (χ0v) is 14.2. The van der Waals surface area contributed by atoms with Crippen molar-refractivity contribution in [1.29, 1.82) is 0 Å². The largest absolute Gasteiger partial charge is 0.481 e. The zero-order valence-electron chi connectivity index (χ0n) is 13.3. The Balaban J connectivity index is 2.59. The third-order valence-corrected chi connectivity index (χ3v) is 4.06. The summed E-state index contributed by atoms with van der Waals surface area (Å²) < 4.78 is 22.2. The molecule has 0 aliphatic carbocycles. The van der Waals surface area contributed by atoms with Gasteiger partial charge in [-0.05, 0) is 30.7 Å². The number of rotatable bonds is 9. The molecule has 12 heteroatoms. The summed E-state index contributed by atoms with van der Waals surface area (Å²) in [6.07, 6.45) is -0.751. The van der Waals surface area contributed by atoms with Crippen molar-refractivity contribution in [3.05, 3.63) is 29.8 Å². The number of carbonyl (C=O) groups is 4. The highest BCUT2D eigenvalue weighted by Gasteiger charge is 2.21. The number of sulfonamides is 1. The number of carboxylic acid groups (broad SMARTS) is 2. The third-order valence-electron chi connectivity index (χ3n) is 3.13. The summed E-state index contributed by atoms with van der Waals surface area (Å²) in [6.45, 7) is -0.549. The molecule has 0 aromatic heterocycles. The summed E-state index contributed by atoms with van der Waals surface area (Å²) in [6, 6.07) is 3.23. The van der Waals surface area contributed by atoms with E-state index in [0.717, 1.165) is 12.1 Å². The molecule has 0 saturated carbocycles. The van der Waals surface area contributed by atoms with Gasteiger partial charge in [0.05, 0.1) is 11.4 Å². The van der Waals surface area contributed by atoms with Crippen LogP contribution in [0.3, 0.4) is 0 Å². The van der Waals surface area contributed by atoms with Crippen molar-refractivity contribution in [3.63, 3.8) is 0 Å². The zero-order chi connectivity index (χ0) is 19.9. The van der Waals surface area contributed by atoms with Gasteiger partial charge in [-0.25, -0.2) is 18.4 Å². The molecular weight excluding hydrogens is 370 g/mol. The number of carboxylic acids is 2. The van der Waals surface area contributed by atoms with Crippen molar-refractivity contribution in [1.82, 2.24) is 10.6 Å². The van der Waals surface area contributed by atoms with E-state index >= 15 is 0 Å². The first-order valence-corrected chi connectivity index (χ1v) is 8.70. The molecule has 1 aromatic rings. The van der Waals surface area contributed by atoms with Crippen LogP contribution >= 0.6 is 0 Å². The normalized spacial score (nSPS) is 12.0. The van der Waals surface area contributed by atoms with E-state index in [0.29, 0.717) is 0 Å². The number of aliphatic carboxylic acids is 2. The number of carbonyl (C=O) groups excluding carboxylic acids is 2. The van der Waals surface area contributed by atoms with Crippen LogP contribution in [0.5, 0.6) is 0 Å². The van der Waals surface area contributed by atoms with Crippen LogP contribution in [0.2, 0.25) is 0 Å². The standard InChI is InChI=1S/C14H17N3O8S/c15-26(24,25)9-3-1-8(2-4-9)13(21)16-7-11(18)17-10(14(22)23)5-6-12(19)20/h1-4,10H,5-7H2,(H,16,21)(H,17,18)(H,19,20)(H,22,23)(H2,15,24,25). The Hall–Kier alpha value is -2.99. The molecule has 6 N–H and O–H groups in total. The molecule has 0 fully saturated rings. The van der Waals surface area contributed by atoms with Crippen LogP contribution in [0.4, 0.5) is 0 Å². The van der Waals surface area contributed by atoms with Crippen LogP contribution in [-0.2, 0) is 24.4 Å². The number of hydrogen-bond acceptors (Lipinski definition) is 6. The summed E-state index contributed by atoms with van der Waals surface area (Å²) in [5.41, 5.74) is 0.0610. The molecule has 0 aliphatic rings. The quantitative estimate of drug-likeness (QED) is 0.337. The molecule has 1 unspecified atom stereocenters. The van der Waals surface area contributed by atoms with Gasteiger partial charge in [-0.3, -0.25) is 14.4 Å². The molecule has 142 valence electrons. The van der Waals surface area contributed by atoms with Crippen LogP contribution in [0.15, 0.2) is 29.2 Å². The van der Waals surface area contributed by atoms with Gasteiger partial charge in [-0.15, -0.1) is 0 Å². The van der Waals surface area contributed by atoms with E-state index < -0.39 is 52.8 Å². The molecule has 1 atom stereocenters. The Morgan fingerprint density at radius 2 is 1.65 bits per heavy atom. The average molecular weight is 387 g/mol. The fourth-order valence-corrected chi connectivity index (χ4v) is 2.34. The summed E-state index contributed by atoms with van der Waals surface area (Å²) >= 11 is 0. The van der Waals surface area contributed by atoms with Crippen molar-refractivity contribution in [2.24, 2.45) is 5.14 Å². The monoisotopic (exact) mass is 387 g/mol. The van der Waals surface area contributed by atoms with Gasteiger partial charge in [0.25, 0.3) is 5.91 Å². The lowest BCUT2D eigenvalue weighted by molar-refractivity contribution is -0.142. The van der Waals surface area contributed by atoms with Crippen molar-refractivity contribution >= 4 is 33.8 Å². The molecule has 11 nitrogen and oxygen atoms in total. The molecule has 2 amide bonds. The van der Waals surface area contributed by atoms with Gasteiger partial charge < -0.3 is 20.8 Å². The van der Waals surface area contributed by atoms with Crippen LogP contribution in [0.1, 0.15) is 23.2 Å². The predicted molar refractivity (Wildman–Crippen MR) is 86.6 cm³/mol. The number of amides is 2. The minimum atomic E-state index is -3.90. The van der Waals surface area contributed by atoms with Gasteiger partial charge in [0.2, 0.25) is 15.9 Å². The lowest BCUT2D eigenvalue weighted by Gasteiger charge is -2.14. The second-order valence-corrected chi connectivity index (χ2v) is 6.70. The van der Waals surface area contributed by atoms with Gasteiger partial charge in [-0.2, -0.15) is 0 Å². The summed E-state index contributed by atoms with van der Waals surface area (Å²) in [5.74, 6) is -4.12. The molecule has 0 radical (unpaired) electrons. The first-order valence-electron chi connectivity index (χ1n) is 7.15. The molecular formula is C14H17N3O8S. The molecule has 0 spiro atoms. The molecule has 0 saturated heterocycles. The van der Waals surface area contributed by atoms with Gasteiger partial charge in [0.15, 0.2) is 0 Å². The maximum absolute atomic E-state index is 11.9. The van der Waals surface area contributed by atoms with E-state index in [4.69, 9.17) is 15.4 Å². The Morgan fingerprint density at radius 1 is 1.08 bits per heavy atom. The van der Waals surface area contributed by atoms with Gasteiger partial charge in [-0.1, -0.05) is 0 Å². The lowest BCUT2D eigenvalue weighted by atomic mass is 10.1. The lowest BCUT2D eigenvalue weighted by Crippen LogP contribution is -2.45. The Bertz CT molecular complexity index is 804. The van der Waals surface area contributed by atoms with Crippen LogP contribution < -0.4 is 15.8 Å². The number of nitrogens with one attached hydrogen (secondary N) is 2. The number of benzene rings is 1. The average Bonchev–Trinajstić information content (AvgIpc) is 2.55. The summed E-state index contributed by atoms with van der Waals surface area (Å²) in [4.78, 5) is 44.8. The summed E-state index contributed by atoms with van der Waals surface area (Å²) in [5, 5.41) is 26.7. The van der Waals surface area contributed by atoms with Crippen LogP contribution in [0, 0.1) is 0 Å². The molecule has 1 rings (SSSR count). The summed E-state index contributed by atoms with van der Waals surface area (Å²) in [7, 11) is -3.90. The number of primary sulfonamides is 1. The topological polar surface area (TPSA) is 193 Å². The second kappa shape index (κ2) is 8.92. The SMILES string of the molecule is NS(=O)(=O)c1ccc(C(=O)NCC(=O)NC(CCC(=O)O)C(=O)O)cc1. The Morgan fingerprint density at radius 3 is 2.12 bits per heavy atom. The maximum atomic E-state index is 11.9. The van der Waals surface area contributed by atoms with Gasteiger partial charge >= 0.3 is 11.9 Å². The molecule has 0 heterocycles. The highest BCUT2D eigenvalue weighted by Crippen LogP contribution is 2.08. The second-order valence-electron chi connectivity index (χ2n) is 5.14. The van der Waals surface area contributed by atoms with E-state index in [1.807, 2.05) is 0 Å². The molecule has 0 aliphatic heterocycles. The van der Waals surface area contributed by atoms with E-state index in [9.17, 15) is 27.6 Å². The van der Waals surface area contributed by atoms with E-state index in [-0.39, 0.29) is 16.9 Å². The fraction of sp³-hybridized carbons (Fsp3) is 0.286. The first-order chi connectivity index (χ1) is 12.0. The third kappa shape index (κ3) is 6.86. The molecule has 0 bridgehead atoms. The van der Waals surface area contributed by atoms with Crippen LogP contribution in [0.25, 0.3) is 0 Å². The van der Waals surface area contributed by atoms with Crippen molar-refractivity contribution < 1.29 is 37.8 Å². The smallest absolute Gasteiger partial charge is 0.326 e. The van der Waals surface area contributed by atoms with Gasteiger partial charge in [0.1, 0.15) is 6.04 Å². The van der Waals surface area contributed by atoms with E-state index in [1.165, 1.54) is 12.1 Å². The van der Waals surface area contributed by atoms with E-state index in [2.05, 4.69) is 10.6 Å². The number of hydrogen-bond donors (Lipinski definition) is 5. The fourth-order valence-electron chi connectivity index (χ4n) is 1.83. The maximum Gasteiger partial charge on any atom is 0.326 e. The molecule has 26 heavy (non-hydrogen) atoms. The van der Waals surface area contributed by atoms with E-state index in [1.54, 1.807) is 0 Å². The van der Waals surface area contributed by atoms with Crippen molar-refractivity contribution in [2.75, 3.05) is 6.54 Å². The molecule has 1 aromatic carbocycles. The van der Waals surface area contributed by atoms with Crippen molar-refractivity contribution in [2.45, 2.75) is 23.8 Å². The first kappa shape index (κ1) is 21.1. The van der Waals surface area contributed by atoms with Gasteiger partial charge in [0, 0.05) is 12.0 Å². The van der Waals surface area contributed by atoms with Crippen LogP contribution in [-0.4, -0.2) is 55.0 Å². The highest BCUT2D eigenvalue weighted by molar-refractivity contribution is 7.89. The Kier molecular flexibility index (Phi) is 7.22.